The van der Waals surface area contributed by atoms with Crippen LogP contribution in [0.1, 0.15) is 48.4 Å². The molecule has 0 aliphatic heterocycles. The van der Waals surface area contributed by atoms with Crippen molar-refractivity contribution in [2.45, 2.75) is 45.6 Å². The van der Waals surface area contributed by atoms with Crippen molar-refractivity contribution >= 4 is 11.3 Å². The zero-order chi connectivity index (χ0) is 11.8. The summed E-state index contributed by atoms with van der Waals surface area (Å²) in [5.41, 5.74) is 0. The van der Waals surface area contributed by atoms with E-state index in [-0.39, 0.29) is 0 Å². The third-order valence-electron chi connectivity index (χ3n) is 2.56. The van der Waals surface area contributed by atoms with Gasteiger partial charge in [0.1, 0.15) is 0 Å². The van der Waals surface area contributed by atoms with Gasteiger partial charge in [-0.1, -0.05) is 6.92 Å². The Morgan fingerprint density at radius 3 is 2.88 bits per heavy atom. The predicted octanol–water partition coefficient (Wildman–Crippen LogP) is 3.90. The van der Waals surface area contributed by atoms with Gasteiger partial charge in [-0.25, -0.2) is 0 Å². The molecule has 1 aromatic rings. The van der Waals surface area contributed by atoms with Crippen molar-refractivity contribution in [2.75, 3.05) is 6.54 Å². The molecule has 0 saturated heterocycles. The fourth-order valence-electron chi connectivity index (χ4n) is 1.71. The SMILES string of the molecule is C#CCCCC(NCCC)c1ccc(C)s1. The molecule has 0 bridgehead atoms. The molecule has 0 aliphatic carbocycles. The first-order valence-corrected chi connectivity index (χ1v) is 6.82. The molecule has 0 saturated carbocycles. The molecule has 1 heterocycles. The van der Waals surface area contributed by atoms with Crippen LogP contribution in [0.25, 0.3) is 0 Å². The lowest BCUT2D eigenvalue weighted by Crippen LogP contribution is -2.21. The first-order chi connectivity index (χ1) is 7.77. The number of thiophene rings is 1. The second-order valence-electron chi connectivity index (χ2n) is 4.05. The molecule has 1 atom stereocenters. The van der Waals surface area contributed by atoms with E-state index in [1.807, 2.05) is 11.3 Å². The minimum atomic E-state index is 0.493. The van der Waals surface area contributed by atoms with Crippen LogP contribution in [0, 0.1) is 19.3 Å². The summed E-state index contributed by atoms with van der Waals surface area (Å²) in [5.74, 6) is 2.71. The zero-order valence-electron chi connectivity index (χ0n) is 10.3. The summed E-state index contributed by atoms with van der Waals surface area (Å²) in [4.78, 5) is 2.83. The molecule has 0 aromatic carbocycles. The van der Waals surface area contributed by atoms with Crippen molar-refractivity contribution in [3.8, 4) is 12.3 Å². The number of nitrogens with one attached hydrogen (secondary N) is 1. The van der Waals surface area contributed by atoms with Crippen molar-refractivity contribution in [3.05, 3.63) is 21.9 Å². The highest BCUT2D eigenvalue weighted by molar-refractivity contribution is 7.12. The summed E-state index contributed by atoms with van der Waals surface area (Å²) in [6.45, 7) is 5.44. The van der Waals surface area contributed by atoms with Crippen molar-refractivity contribution in [3.63, 3.8) is 0 Å². The van der Waals surface area contributed by atoms with Gasteiger partial charge in [0.15, 0.2) is 0 Å². The maximum atomic E-state index is 5.29. The summed E-state index contributed by atoms with van der Waals surface area (Å²) in [6, 6.07) is 4.93. The molecular formula is C14H21NS. The summed E-state index contributed by atoms with van der Waals surface area (Å²) in [6.07, 6.45) is 9.60. The van der Waals surface area contributed by atoms with E-state index in [0.717, 1.165) is 25.8 Å². The highest BCUT2D eigenvalue weighted by Gasteiger charge is 2.11. The number of unbranched alkanes of at least 4 members (excludes halogenated alkanes) is 1. The topological polar surface area (TPSA) is 12.0 Å². The van der Waals surface area contributed by atoms with Crippen molar-refractivity contribution < 1.29 is 0 Å². The van der Waals surface area contributed by atoms with Crippen LogP contribution in [-0.2, 0) is 0 Å². The number of rotatable bonds is 7. The van der Waals surface area contributed by atoms with Gasteiger partial charge in [-0.3, -0.25) is 0 Å². The lowest BCUT2D eigenvalue weighted by atomic mass is 10.1. The van der Waals surface area contributed by atoms with Crippen molar-refractivity contribution in [2.24, 2.45) is 0 Å². The molecule has 1 N–H and O–H groups in total. The number of hydrogen-bond donors (Lipinski definition) is 1. The fraction of sp³-hybridized carbons (Fsp3) is 0.571. The third-order valence-corrected chi connectivity index (χ3v) is 3.67. The van der Waals surface area contributed by atoms with E-state index in [2.05, 4.69) is 37.2 Å². The molecular weight excluding hydrogens is 214 g/mol. The van der Waals surface area contributed by atoms with Gasteiger partial charge in [-0.15, -0.1) is 23.7 Å². The van der Waals surface area contributed by atoms with Gasteiger partial charge < -0.3 is 5.32 Å². The molecule has 1 unspecified atom stereocenters. The van der Waals surface area contributed by atoms with Gasteiger partial charge in [-0.05, 0) is 44.9 Å². The van der Waals surface area contributed by atoms with Crippen LogP contribution in [0.3, 0.4) is 0 Å². The van der Waals surface area contributed by atoms with E-state index >= 15 is 0 Å². The Balaban J connectivity index is 2.53. The van der Waals surface area contributed by atoms with Crippen LogP contribution >= 0.6 is 11.3 Å². The molecule has 0 fully saturated rings. The highest BCUT2D eigenvalue weighted by Crippen LogP contribution is 2.26. The van der Waals surface area contributed by atoms with Gasteiger partial charge in [0.25, 0.3) is 0 Å². The second kappa shape index (κ2) is 7.49. The third kappa shape index (κ3) is 4.38. The summed E-state index contributed by atoms with van der Waals surface area (Å²) in [5, 5.41) is 3.60. The standard InChI is InChI=1S/C14H21NS/c1-4-6-7-8-13(15-11-5-2)14-10-9-12(3)16-14/h1,9-10,13,15H,5-8,11H2,2-3H3. The van der Waals surface area contributed by atoms with Crippen LogP contribution in [0.15, 0.2) is 12.1 Å². The lowest BCUT2D eigenvalue weighted by Gasteiger charge is -2.16. The highest BCUT2D eigenvalue weighted by atomic mass is 32.1. The Morgan fingerprint density at radius 1 is 1.50 bits per heavy atom. The number of terminal acetylenes is 1. The Bertz CT molecular complexity index is 335. The molecule has 0 amide bonds. The van der Waals surface area contributed by atoms with E-state index in [0.29, 0.717) is 6.04 Å². The Hall–Kier alpha value is -0.780. The molecule has 88 valence electrons. The number of aryl methyl sites for hydroxylation is 1. The molecule has 1 aromatic heterocycles. The van der Waals surface area contributed by atoms with Gasteiger partial charge in [0.2, 0.25) is 0 Å². The molecule has 16 heavy (non-hydrogen) atoms. The number of hydrogen-bond acceptors (Lipinski definition) is 2. The molecule has 0 spiro atoms. The van der Waals surface area contributed by atoms with E-state index in [9.17, 15) is 0 Å². The fourth-order valence-corrected chi connectivity index (χ4v) is 2.70. The average Bonchev–Trinajstić information content (AvgIpc) is 2.70. The molecule has 0 aliphatic rings. The Morgan fingerprint density at radius 2 is 2.31 bits per heavy atom. The van der Waals surface area contributed by atoms with Crippen LogP contribution in [-0.4, -0.2) is 6.54 Å². The molecule has 2 heteroatoms. The lowest BCUT2D eigenvalue weighted by molar-refractivity contribution is 0.494. The molecule has 1 nitrogen and oxygen atoms in total. The Kier molecular flexibility index (Phi) is 6.22. The minimum Gasteiger partial charge on any atom is -0.309 e. The maximum absolute atomic E-state index is 5.29. The van der Waals surface area contributed by atoms with Gasteiger partial charge in [-0.2, -0.15) is 0 Å². The van der Waals surface area contributed by atoms with E-state index in [1.165, 1.54) is 16.2 Å². The van der Waals surface area contributed by atoms with Crippen LogP contribution in [0.2, 0.25) is 0 Å². The van der Waals surface area contributed by atoms with Crippen LogP contribution in [0.4, 0.5) is 0 Å². The second-order valence-corrected chi connectivity index (χ2v) is 5.37. The van der Waals surface area contributed by atoms with Crippen molar-refractivity contribution in [1.82, 2.24) is 5.32 Å². The van der Waals surface area contributed by atoms with Gasteiger partial charge >= 0.3 is 0 Å². The van der Waals surface area contributed by atoms with Gasteiger partial charge in [0, 0.05) is 22.2 Å². The van der Waals surface area contributed by atoms with E-state index in [4.69, 9.17) is 6.42 Å². The quantitative estimate of drug-likeness (QED) is 0.558. The zero-order valence-corrected chi connectivity index (χ0v) is 11.1. The summed E-state index contributed by atoms with van der Waals surface area (Å²) in [7, 11) is 0. The molecule has 0 radical (unpaired) electrons. The first-order valence-electron chi connectivity index (χ1n) is 6.01. The monoisotopic (exact) mass is 235 g/mol. The predicted molar refractivity (Wildman–Crippen MR) is 72.8 cm³/mol. The van der Waals surface area contributed by atoms with E-state index in [1.54, 1.807) is 0 Å². The first kappa shape index (κ1) is 13.3. The van der Waals surface area contributed by atoms with E-state index < -0.39 is 0 Å². The summed E-state index contributed by atoms with van der Waals surface area (Å²) < 4.78 is 0. The normalized spacial score (nSPS) is 12.3. The van der Waals surface area contributed by atoms with Crippen LogP contribution in [0.5, 0.6) is 0 Å². The summed E-state index contributed by atoms with van der Waals surface area (Å²) >= 11 is 1.89. The average molecular weight is 235 g/mol. The van der Waals surface area contributed by atoms with Crippen LogP contribution < -0.4 is 5.32 Å². The molecule has 1 rings (SSSR count). The van der Waals surface area contributed by atoms with Gasteiger partial charge in [0.05, 0.1) is 0 Å². The Labute approximate surface area is 103 Å². The largest absolute Gasteiger partial charge is 0.309 e. The van der Waals surface area contributed by atoms with Crippen molar-refractivity contribution in [1.29, 1.82) is 0 Å². The minimum absolute atomic E-state index is 0.493. The smallest absolute Gasteiger partial charge is 0.0415 e. The maximum Gasteiger partial charge on any atom is 0.0415 e.